The topological polar surface area (TPSA) is 69.3 Å². The summed E-state index contributed by atoms with van der Waals surface area (Å²) in [7, 11) is 1.82. The molecule has 0 aliphatic carbocycles. The van der Waals surface area contributed by atoms with Gasteiger partial charge in [0, 0.05) is 13.6 Å². The third kappa shape index (κ3) is 4.46. The maximum Gasteiger partial charge on any atom is 0.258 e. The number of aromatic nitrogens is 2. The summed E-state index contributed by atoms with van der Waals surface area (Å²) in [6.45, 7) is 5.53. The number of hydrogen-bond acceptors (Lipinski definition) is 4. The van der Waals surface area contributed by atoms with Crippen molar-refractivity contribution in [3.63, 3.8) is 0 Å². The molecular formula is C22H26N4O2. The molecule has 0 aliphatic heterocycles. The molecule has 1 atom stereocenters. The first-order chi connectivity index (χ1) is 13.5. The van der Waals surface area contributed by atoms with Gasteiger partial charge in [-0.3, -0.25) is 14.5 Å². The van der Waals surface area contributed by atoms with Gasteiger partial charge in [0.2, 0.25) is 5.91 Å². The molecule has 0 spiro atoms. The van der Waals surface area contributed by atoms with Gasteiger partial charge in [0.05, 0.1) is 23.5 Å². The molecule has 28 heavy (non-hydrogen) atoms. The number of nitrogens with one attached hydrogen (secondary N) is 1. The largest absolute Gasteiger partial charge is 0.340 e. The van der Waals surface area contributed by atoms with Crippen LogP contribution >= 0.6 is 0 Å². The number of likely N-dealkylation sites (N-methyl/N-ethyl adjacent to an activating group) is 2. The predicted molar refractivity (Wildman–Crippen MR) is 111 cm³/mol. The molecule has 1 amide bonds. The number of amides is 1. The Labute approximate surface area is 164 Å². The van der Waals surface area contributed by atoms with Crippen LogP contribution in [0.2, 0.25) is 0 Å². The molecule has 3 aromatic rings. The number of fused-ring (bicyclic) bond motifs is 1. The first-order valence-electron chi connectivity index (χ1n) is 9.50. The highest BCUT2D eigenvalue weighted by Gasteiger charge is 2.24. The number of carbonyl (C=O) groups is 1. The van der Waals surface area contributed by atoms with Crippen molar-refractivity contribution in [1.82, 2.24) is 19.8 Å². The van der Waals surface area contributed by atoms with Gasteiger partial charge in [0.15, 0.2) is 0 Å². The quantitative estimate of drug-likeness (QED) is 0.686. The molecule has 1 unspecified atom stereocenters. The fraction of sp³-hybridized carbons (Fsp3) is 0.318. The molecule has 0 radical (unpaired) electrons. The average Bonchev–Trinajstić information content (AvgIpc) is 2.71. The lowest BCUT2D eigenvalue weighted by Crippen LogP contribution is -2.45. The van der Waals surface area contributed by atoms with E-state index in [9.17, 15) is 9.59 Å². The summed E-state index contributed by atoms with van der Waals surface area (Å²) in [6, 6.07) is 16.9. The van der Waals surface area contributed by atoms with Crippen LogP contribution in [0.3, 0.4) is 0 Å². The third-order valence-electron chi connectivity index (χ3n) is 4.96. The molecule has 6 nitrogen and oxygen atoms in total. The Balaban J connectivity index is 1.73. The van der Waals surface area contributed by atoms with Crippen LogP contribution in [0.1, 0.15) is 25.2 Å². The number of benzene rings is 2. The number of rotatable bonds is 7. The van der Waals surface area contributed by atoms with Crippen LogP contribution in [0.15, 0.2) is 59.4 Å². The fourth-order valence-corrected chi connectivity index (χ4v) is 3.34. The van der Waals surface area contributed by atoms with Gasteiger partial charge in [-0.2, -0.15) is 0 Å². The highest BCUT2D eigenvalue weighted by atomic mass is 16.2. The van der Waals surface area contributed by atoms with Crippen molar-refractivity contribution < 1.29 is 4.79 Å². The van der Waals surface area contributed by atoms with Gasteiger partial charge >= 0.3 is 0 Å². The zero-order valence-electron chi connectivity index (χ0n) is 16.6. The number of carbonyl (C=O) groups excluding carboxylic acids is 1. The predicted octanol–water partition coefficient (Wildman–Crippen LogP) is 2.79. The standard InChI is InChI=1S/C22H26N4O2/c1-4-26(15-20-23-19-13-9-8-12-18(19)21(27)24-20)16(2)22(28)25(3)14-17-10-6-5-7-11-17/h5-13,16H,4,14-15H2,1-3H3,(H,23,24,27). The second-order valence-corrected chi connectivity index (χ2v) is 6.95. The second kappa shape index (κ2) is 8.80. The molecule has 1 heterocycles. The number of nitrogens with zero attached hydrogens (tertiary/aromatic N) is 3. The van der Waals surface area contributed by atoms with Crippen molar-refractivity contribution in [2.75, 3.05) is 13.6 Å². The molecule has 3 rings (SSSR count). The Morgan fingerprint density at radius 2 is 1.75 bits per heavy atom. The first-order valence-corrected chi connectivity index (χ1v) is 9.50. The van der Waals surface area contributed by atoms with E-state index in [-0.39, 0.29) is 17.5 Å². The van der Waals surface area contributed by atoms with E-state index in [4.69, 9.17) is 0 Å². The van der Waals surface area contributed by atoms with Crippen LogP contribution in [0, 0.1) is 0 Å². The van der Waals surface area contributed by atoms with Crippen molar-refractivity contribution in [3.05, 3.63) is 76.3 Å². The summed E-state index contributed by atoms with van der Waals surface area (Å²) < 4.78 is 0. The Morgan fingerprint density at radius 1 is 1.07 bits per heavy atom. The molecule has 0 saturated carbocycles. The summed E-state index contributed by atoms with van der Waals surface area (Å²) >= 11 is 0. The minimum Gasteiger partial charge on any atom is -0.340 e. The van der Waals surface area contributed by atoms with Crippen LogP contribution < -0.4 is 5.56 Å². The highest BCUT2D eigenvalue weighted by molar-refractivity contribution is 5.81. The van der Waals surface area contributed by atoms with Gasteiger partial charge in [0.1, 0.15) is 5.82 Å². The lowest BCUT2D eigenvalue weighted by molar-refractivity contribution is -0.135. The van der Waals surface area contributed by atoms with E-state index in [1.54, 1.807) is 11.0 Å². The van der Waals surface area contributed by atoms with Crippen molar-refractivity contribution in [3.8, 4) is 0 Å². The fourth-order valence-electron chi connectivity index (χ4n) is 3.34. The van der Waals surface area contributed by atoms with E-state index >= 15 is 0 Å². The number of H-pyrrole nitrogens is 1. The summed E-state index contributed by atoms with van der Waals surface area (Å²) in [4.78, 5) is 36.4. The second-order valence-electron chi connectivity index (χ2n) is 6.95. The third-order valence-corrected chi connectivity index (χ3v) is 4.96. The van der Waals surface area contributed by atoms with Crippen molar-refractivity contribution in [2.24, 2.45) is 0 Å². The Kier molecular flexibility index (Phi) is 6.21. The minimum atomic E-state index is -0.324. The zero-order valence-corrected chi connectivity index (χ0v) is 16.6. The monoisotopic (exact) mass is 378 g/mol. The van der Waals surface area contributed by atoms with Crippen LogP contribution in [-0.4, -0.2) is 45.3 Å². The van der Waals surface area contributed by atoms with Gasteiger partial charge < -0.3 is 9.88 Å². The van der Waals surface area contributed by atoms with E-state index in [1.165, 1.54) is 0 Å². The maximum absolute atomic E-state index is 12.9. The van der Waals surface area contributed by atoms with E-state index in [0.29, 0.717) is 36.4 Å². The molecule has 0 aliphatic rings. The smallest absolute Gasteiger partial charge is 0.258 e. The summed E-state index contributed by atoms with van der Waals surface area (Å²) in [5.74, 6) is 0.602. The van der Waals surface area contributed by atoms with Gasteiger partial charge in [-0.25, -0.2) is 4.98 Å². The number of aromatic amines is 1. The van der Waals surface area contributed by atoms with Crippen LogP contribution in [-0.2, 0) is 17.9 Å². The van der Waals surface area contributed by atoms with Crippen molar-refractivity contribution >= 4 is 16.8 Å². The van der Waals surface area contributed by atoms with E-state index in [2.05, 4.69) is 9.97 Å². The van der Waals surface area contributed by atoms with Gasteiger partial charge in [0.25, 0.3) is 5.56 Å². The van der Waals surface area contributed by atoms with E-state index < -0.39 is 0 Å². The van der Waals surface area contributed by atoms with E-state index in [1.807, 2.05) is 74.3 Å². The molecular weight excluding hydrogens is 352 g/mol. The molecule has 1 aromatic heterocycles. The molecule has 2 aromatic carbocycles. The minimum absolute atomic E-state index is 0.0360. The normalized spacial score (nSPS) is 12.3. The zero-order chi connectivity index (χ0) is 20.1. The van der Waals surface area contributed by atoms with Gasteiger partial charge in [-0.05, 0) is 31.2 Å². The maximum atomic E-state index is 12.9. The summed E-state index contributed by atoms with van der Waals surface area (Å²) in [6.07, 6.45) is 0. The van der Waals surface area contributed by atoms with E-state index in [0.717, 1.165) is 5.56 Å². The first kappa shape index (κ1) is 19.8. The average molecular weight is 378 g/mol. The molecule has 1 N–H and O–H groups in total. The van der Waals surface area contributed by atoms with Crippen LogP contribution in [0.5, 0.6) is 0 Å². The Hall–Kier alpha value is -2.99. The molecule has 0 bridgehead atoms. The molecule has 6 heteroatoms. The lowest BCUT2D eigenvalue weighted by Gasteiger charge is -2.30. The highest BCUT2D eigenvalue weighted by Crippen LogP contribution is 2.11. The Bertz CT molecular complexity index is 1000. The van der Waals surface area contributed by atoms with Gasteiger partial charge in [-0.1, -0.05) is 49.4 Å². The summed E-state index contributed by atoms with van der Waals surface area (Å²) in [5, 5.41) is 0.570. The number of hydrogen-bond donors (Lipinski definition) is 1. The molecule has 146 valence electrons. The Morgan fingerprint density at radius 3 is 2.46 bits per heavy atom. The van der Waals surface area contributed by atoms with Crippen LogP contribution in [0.4, 0.5) is 0 Å². The summed E-state index contributed by atoms with van der Waals surface area (Å²) in [5.41, 5.74) is 1.60. The van der Waals surface area contributed by atoms with Gasteiger partial charge in [-0.15, -0.1) is 0 Å². The molecule has 0 saturated heterocycles. The number of para-hydroxylation sites is 1. The molecule has 0 fully saturated rings. The van der Waals surface area contributed by atoms with Crippen molar-refractivity contribution in [1.29, 1.82) is 0 Å². The SMILES string of the molecule is CCN(Cc1nc2ccccc2c(=O)[nH]1)C(C)C(=O)N(C)Cc1ccccc1. The lowest BCUT2D eigenvalue weighted by atomic mass is 10.2. The van der Waals surface area contributed by atoms with Crippen molar-refractivity contribution in [2.45, 2.75) is 33.0 Å². The van der Waals surface area contributed by atoms with Crippen LogP contribution in [0.25, 0.3) is 10.9 Å².